The molecular weight excluding hydrogens is 228 g/mol. The Hall–Kier alpha value is -1.26. The second-order valence-electron chi connectivity index (χ2n) is 4.65. The number of hydrogen-bond donors (Lipinski definition) is 2. The maximum Gasteiger partial charge on any atom is 0.231 e. The lowest BCUT2D eigenvalue weighted by atomic mass is 10.1. The molecule has 4 heteroatoms. The molecule has 100 valence electrons. The third-order valence-electron chi connectivity index (χ3n) is 3.37. The van der Waals surface area contributed by atoms with Crippen molar-refractivity contribution in [1.29, 1.82) is 0 Å². The van der Waals surface area contributed by atoms with E-state index in [9.17, 15) is 0 Å². The van der Waals surface area contributed by atoms with E-state index in [2.05, 4.69) is 24.4 Å². The second-order valence-corrected chi connectivity index (χ2v) is 4.65. The highest BCUT2D eigenvalue weighted by atomic mass is 16.7. The van der Waals surface area contributed by atoms with Crippen molar-refractivity contribution in [3.8, 4) is 11.5 Å². The second kappa shape index (κ2) is 6.61. The molecule has 0 radical (unpaired) electrons. The van der Waals surface area contributed by atoms with Gasteiger partial charge in [-0.25, -0.2) is 0 Å². The van der Waals surface area contributed by atoms with Crippen molar-refractivity contribution in [2.45, 2.75) is 19.8 Å². The van der Waals surface area contributed by atoms with Gasteiger partial charge in [0.05, 0.1) is 0 Å². The number of nitrogens with two attached hydrogens (primary N) is 1. The maximum absolute atomic E-state index is 5.67. The fraction of sp³-hybridized carbons (Fsp3) is 0.571. The molecule has 1 heterocycles. The third-order valence-corrected chi connectivity index (χ3v) is 3.37. The van der Waals surface area contributed by atoms with E-state index < -0.39 is 0 Å². The van der Waals surface area contributed by atoms with Crippen molar-refractivity contribution < 1.29 is 9.47 Å². The summed E-state index contributed by atoms with van der Waals surface area (Å²) in [5, 5.41) is 3.45. The SMILES string of the molecule is CCC(CN)CNCCc1ccc2c(c1)OCO2. The van der Waals surface area contributed by atoms with Gasteiger partial charge in [0.2, 0.25) is 6.79 Å². The monoisotopic (exact) mass is 250 g/mol. The van der Waals surface area contributed by atoms with Crippen molar-refractivity contribution in [2.24, 2.45) is 11.7 Å². The van der Waals surface area contributed by atoms with Gasteiger partial charge in [-0.05, 0) is 49.7 Å². The molecule has 3 N–H and O–H groups in total. The molecule has 0 fully saturated rings. The van der Waals surface area contributed by atoms with Crippen LogP contribution in [-0.4, -0.2) is 26.4 Å². The highest BCUT2D eigenvalue weighted by Gasteiger charge is 2.12. The first-order valence-corrected chi connectivity index (χ1v) is 6.62. The molecule has 1 aromatic rings. The summed E-state index contributed by atoms with van der Waals surface area (Å²) in [6.45, 7) is 5.24. The van der Waals surface area contributed by atoms with Gasteiger partial charge in [-0.15, -0.1) is 0 Å². The van der Waals surface area contributed by atoms with Crippen LogP contribution in [0.4, 0.5) is 0 Å². The van der Waals surface area contributed by atoms with Gasteiger partial charge in [0.1, 0.15) is 0 Å². The van der Waals surface area contributed by atoms with Gasteiger partial charge in [-0.2, -0.15) is 0 Å². The number of benzene rings is 1. The Bertz CT molecular complexity index is 378. The summed E-state index contributed by atoms with van der Waals surface area (Å²) in [6, 6.07) is 6.13. The van der Waals surface area contributed by atoms with Gasteiger partial charge in [-0.3, -0.25) is 0 Å². The highest BCUT2D eigenvalue weighted by molar-refractivity contribution is 5.44. The molecule has 18 heavy (non-hydrogen) atoms. The van der Waals surface area contributed by atoms with Gasteiger partial charge in [0.15, 0.2) is 11.5 Å². The average Bonchev–Trinajstić information content (AvgIpc) is 2.86. The molecule has 0 aromatic heterocycles. The Kier molecular flexibility index (Phi) is 4.84. The zero-order chi connectivity index (χ0) is 12.8. The van der Waals surface area contributed by atoms with E-state index >= 15 is 0 Å². The Balaban J connectivity index is 1.74. The summed E-state index contributed by atoms with van der Waals surface area (Å²) in [7, 11) is 0. The van der Waals surface area contributed by atoms with Crippen molar-refractivity contribution in [3.05, 3.63) is 23.8 Å². The van der Waals surface area contributed by atoms with Crippen molar-refractivity contribution in [2.75, 3.05) is 26.4 Å². The topological polar surface area (TPSA) is 56.5 Å². The molecule has 4 nitrogen and oxygen atoms in total. The summed E-state index contributed by atoms with van der Waals surface area (Å²) >= 11 is 0. The van der Waals surface area contributed by atoms with Crippen LogP contribution >= 0.6 is 0 Å². The van der Waals surface area contributed by atoms with Gasteiger partial charge in [0, 0.05) is 0 Å². The van der Waals surface area contributed by atoms with E-state index in [1.165, 1.54) is 5.56 Å². The summed E-state index contributed by atoms with van der Waals surface area (Å²) in [4.78, 5) is 0. The Morgan fingerprint density at radius 2 is 2.17 bits per heavy atom. The molecule has 1 atom stereocenters. The van der Waals surface area contributed by atoms with E-state index in [4.69, 9.17) is 15.2 Å². The fourth-order valence-electron chi connectivity index (χ4n) is 2.03. The van der Waals surface area contributed by atoms with Crippen LogP contribution < -0.4 is 20.5 Å². The van der Waals surface area contributed by atoms with Crippen molar-refractivity contribution in [1.82, 2.24) is 5.32 Å². The predicted octanol–water partition coefficient (Wildman–Crippen LogP) is 1.53. The van der Waals surface area contributed by atoms with Gasteiger partial charge in [0.25, 0.3) is 0 Å². The van der Waals surface area contributed by atoms with Crippen LogP contribution in [0.3, 0.4) is 0 Å². The third kappa shape index (κ3) is 3.37. The van der Waals surface area contributed by atoms with Crippen LogP contribution in [0.5, 0.6) is 11.5 Å². The largest absolute Gasteiger partial charge is 0.454 e. The van der Waals surface area contributed by atoms with E-state index in [1.54, 1.807) is 0 Å². The molecule has 1 aliphatic rings. The molecule has 2 rings (SSSR count). The Labute approximate surface area is 108 Å². The van der Waals surface area contributed by atoms with E-state index in [0.29, 0.717) is 12.7 Å². The molecular formula is C14H22N2O2. The molecule has 0 aliphatic carbocycles. The van der Waals surface area contributed by atoms with E-state index in [1.807, 2.05) is 6.07 Å². The first kappa shape index (κ1) is 13.2. The number of rotatable bonds is 7. The maximum atomic E-state index is 5.67. The van der Waals surface area contributed by atoms with E-state index in [0.717, 1.165) is 44.0 Å². The average molecular weight is 250 g/mol. The van der Waals surface area contributed by atoms with Gasteiger partial charge >= 0.3 is 0 Å². The predicted molar refractivity (Wildman–Crippen MR) is 72.0 cm³/mol. The van der Waals surface area contributed by atoms with Crippen molar-refractivity contribution in [3.63, 3.8) is 0 Å². The first-order chi connectivity index (χ1) is 8.83. The molecule has 0 bridgehead atoms. The lowest BCUT2D eigenvalue weighted by Gasteiger charge is -2.13. The normalized spacial score (nSPS) is 14.8. The molecule has 0 saturated carbocycles. The summed E-state index contributed by atoms with van der Waals surface area (Å²) < 4.78 is 10.6. The minimum Gasteiger partial charge on any atom is -0.454 e. The molecule has 0 saturated heterocycles. The van der Waals surface area contributed by atoms with Crippen LogP contribution in [0.25, 0.3) is 0 Å². The highest BCUT2D eigenvalue weighted by Crippen LogP contribution is 2.32. The Morgan fingerprint density at radius 3 is 2.94 bits per heavy atom. The van der Waals surface area contributed by atoms with Crippen LogP contribution in [0.2, 0.25) is 0 Å². The van der Waals surface area contributed by atoms with E-state index in [-0.39, 0.29) is 0 Å². The van der Waals surface area contributed by atoms with Gasteiger partial charge in [-0.1, -0.05) is 19.4 Å². The molecule has 0 amide bonds. The number of fused-ring (bicyclic) bond motifs is 1. The summed E-state index contributed by atoms with van der Waals surface area (Å²) in [5.74, 6) is 2.29. The standard InChI is InChI=1S/C14H22N2O2/c1-2-11(8-15)9-16-6-5-12-3-4-13-14(7-12)18-10-17-13/h3-4,7,11,16H,2,5-6,8-10,15H2,1H3. The quantitative estimate of drug-likeness (QED) is 0.721. The lowest BCUT2D eigenvalue weighted by molar-refractivity contribution is 0.174. The first-order valence-electron chi connectivity index (χ1n) is 6.62. The smallest absolute Gasteiger partial charge is 0.231 e. The molecule has 0 spiro atoms. The summed E-state index contributed by atoms with van der Waals surface area (Å²) in [5.41, 5.74) is 6.94. The number of nitrogens with one attached hydrogen (secondary N) is 1. The lowest BCUT2D eigenvalue weighted by Crippen LogP contribution is -2.29. The zero-order valence-electron chi connectivity index (χ0n) is 10.9. The van der Waals surface area contributed by atoms with Crippen LogP contribution in [0.15, 0.2) is 18.2 Å². The van der Waals surface area contributed by atoms with Crippen LogP contribution in [-0.2, 0) is 6.42 Å². The zero-order valence-corrected chi connectivity index (χ0v) is 10.9. The fourth-order valence-corrected chi connectivity index (χ4v) is 2.03. The number of hydrogen-bond acceptors (Lipinski definition) is 4. The van der Waals surface area contributed by atoms with Crippen LogP contribution in [0, 0.1) is 5.92 Å². The van der Waals surface area contributed by atoms with Gasteiger partial charge < -0.3 is 20.5 Å². The summed E-state index contributed by atoms with van der Waals surface area (Å²) in [6.07, 6.45) is 2.13. The number of ether oxygens (including phenoxy) is 2. The Morgan fingerprint density at radius 1 is 1.33 bits per heavy atom. The minimum atomic E-state index is 0.339. The van der Waals surface area contributed by atoms with Crippen molar-refractivity contribution >= 4 is 0 Å². The molecule has 1 unspecified atom stereocenters. The molecule has 1 aromatic carbocycles. The molecule has 1 aliphatic heterocycles. The minimum absolute atomic E-state index is 0.339. The van der Waals surface area contributed by atoms with Crippen LogP contribution in [0.1, 0.15) is 18.9 Å².